The highest BCUT2D eigenvalue weighted by Crippen LogP contribution is 2.33. The molecule has 2 fully saturated rings. The summed E-state index contributed by atoms with van der Waals surface area (Å²) in [5, 5.41) is 13.3. The lowest BCUT2D eigenvalue weighted by Gasteiger charge is -2.33. The molecule has 23 heavy (non-hydrogen) atoms. The van der Waals surface area contributed by atoms with Crippen LogP contribution >= 0.6 is 0 Å². The fraction of sp³-hybridized carbons (Fsp3) is 0.875. The number of carbonyl (C=O) groups is 2. The van der Waals surface area contributed by atoms with Gasteiger partial charge in [-0.1, -0.05) is 20.8 Å². The van der Waals surface area contributed by atoms with Crippen molar-refractivity contribution in [2.24, 2.45) is 11.1 Å². The number of carbonyl (C=O) groups excluding carboxylic acids is 2. The van der Waals surface area contributed by atoms with Crippen LogP contribution in [0.5, 0.6) is 0 Å². The van der Waals surface area contributed by atoms with E-state index in [1.807, 2.05) is 34.6 Å². The van der Waals surface area contributed by atoms with Crippen molar-refractivity contribution in [2.75, 3.05) is 13.1 Å². The Hall–Kier alpha value is -1.34. The fourth-order valence-electron chi connectivity index (χ4n) is 3.42. The van der Waals surface area contributed by atoms with Crippen LogP contribution in [0.25, 0.3) is 0 Å². The topological polar surface area (TPSA) is 98.9 Å². The first kappa shape index (κ1) is 18.0. The first-order valence-corrected chi connectivity index (χ1v) is 8.35. The van der Waals surface area contributed by atoms with Crippen LogP contribution in [-0.4, -0.2) is 70.2 Å². The molecule has 0 aliphatic carbocycles. The molecule has 4 atom stereocenters. The van der Waals surface area contributed by atoms with E-state index in [0.717, 1.165) is 0 Å². The number of nitrogens with one attached hydrogen (secondary N) is 1. The Labute approximate surface area is 138 Å². The van der Waals surface area contributed by atoms with E-state index in [1.54, 1.807) is 9.80 Å². The van der Waals surface area contributed by atoms with Crippen molar-refractivity contribution in [1.82, 2.24) is 15.1 Å². The van der Waals surface area contributed by atoms with Gasteiger partial charge < -0.3 is 26.0 Å². The first-order valence-electron chi connectivity index (χ1n) is 8.35. The second-order valence-corrected chi connectivity index (χ2v) is 8.05. The summed E-state index contributed by atoms with van der Waals surface area (Å²) in [4.78, 5) is 28.3. The Morgan fingerprint density at radius 1 is 1.26 bits per heavy atom. The Morgan fingerprint density at radius 2 is 1.87 bits per heavy atom. The quantitative estimate of drug-likeness (QED) is 0.671. The van der Waals surface area contributed by atoms with E-state index in [4.69, 9.17) is 5.73 Å². The fourth-order valence-corrected chi connectivity index (χ4v) is 3.42. The van der Waals surface area contributed by atoms with Crippen LogP contribution in [0.1, 0.15) is 41.0 Å². The average molecular weight is 326 g/mol. The van der Waals surface area contributed by atoms with Gasteiger partial charge in [0.25, 0.3) is 0 Å². The monoisotopic (exact) mass is 326 g/mol. The molecule has 2 heterocycles. The lowest BCUT2D eigenvalue weighted by atomic mass is 9.86. The van der Waals surface area contributed by atoms with Crippen LogP contribution in [-0.2, 0) is 4.79 Å². The lowest BCUT2D eigenvalue weighted by Crippen LogP contribution is -2.54. The van der Waals surface area contributed by atoms with Crippen molar-refractivity contribution in [3.05, 3.63) is 0 Å². The standard InChI is InChI=1S/C16H30N4O3/c1-9(2)18-15(23)20-8-11(21)12-10(20)6-7-19(12)14(22)13(17)16(3,4)5/h9-13,21H,6-8,17H2,1-5H3,(H,18,23). The summed E-state index contributed by atoms with van der Waals surface area (Å²) in [6.45, 7) is 10.4. The van der Waals surface area contributed by atoms with E-state index in [2.05, 4.69) is 5.32 Å². The van der Waals surface area contributed by atoms with Crippen LogP contribution in [0.3, 0.4) is 0 Å². The van der Waals surface area contributed by atoms with E-state index in [1.165, 1.54) is 0 Å². The van der Waals surface area contributed by atoms with Crippen LogP contribution in [0.2, 0.25) is 0 Å². The Morgan fingerprint density at radius 3 is 2.39 bits per heavy atom. The third-order valence-corrected chi connectivity index (χ3v) is 4.75. The number of nitrogens with two attached hydrogens (primary N) is 1. The van der Waals surface area contributed by atoms with Crippen molar-refractivity contribution in [3.63, 3.8) is 0 Å². The predicted molar refractivity (Wildman–Crippen MR) is 87.7 cm³/mol. The second kappa shape index (κ2) is 6.28. The molecule has 0 radical (unpaired) electrons. The highest BCUT2D eigenvalue weighted by Gasteiger charge is 2.52. The average Bonchev–Trinajstić information content (AvgIpc) is 2.97. The van der Waals surface area contributed by atoms with Crippen LogP contribution in [0.4, 0.5) is 4.79 Å². The largest absolute Gasteiger partial charge is 0.389 e. The normalized spacial score (nSPS) is 29.0. The molecule has 2 aliphatic rings. The van der Waals surface area contributed by atoms with E-state index >= 15 is 0 Å². The van der Waals surface area contributed by atoms with Gasteiger partial charge in [-0.3, -0.25) is 4.79 Å². The van der Waals surface area contributed by atoms with Gasteiger partial charge in [0.05, 0.1) is 30.8 Å². The summed E-state index contributed by atoms with van der Waals surface area (Å²) in [6, 6.07) is -1.26. The molecule has 0 spiro atoms. The smallest absolute Gasteiger partial charge is 0.318 e. The molecule has 4 N–H and O–H groups in total. The summed E-state index contributed by atoms with van der Waals surface area (Å²) in [5.41, 5.74) is 5.76. The summed E-state index contributed by atoms with van der Waals surface area (Å²) < 4.78 is 0. The molecule has 0 aromatic carbocycles. The van der Waals surface area contributed by atoms with E-state index in [-0.39, 0.29) is 42.0 Å². The summed E-state index contributed by atoms with van der Waals surface area (Å²) in [7, 11) is 0. The Bertz CT molecular complexity index is 474. The van der Waals surface area contributed by atoms with Gasteiger partial charge in [-0.15, -0.1) is 0 Å². The Balaban J connectivity index is 2.12. The van der Waals surface area contributed by atoms with Gasteiger partial charge in [0.2, 0.25) is 5.91 Å². The number of aliphatic hydroxyl groups excluding tert-OH is 1. The summed E-state index contributed by atoms with van der Waals surface area (Å²) in [6.07, 6.45) is -0.0490. The zero-order chi connectivity index (χ0) is 17.5. The van der Waals surface area contributed by atoms with Crippen molar-refractivity contribution >= 4 is 11.9 Å². The van der Waals surface area contributed by atoms with Crippen LogP contribution < -0.4 is 11.1 Å². The first-order chi connectivity index (χ1) is 10.5. The molecule has 0 bridgehead atoms. The number of amides is 3. The number of hydrogen-bond acceptors (Lipinski definition) is 4. The van der Waals surface area contributed by atoms with Crippen molar-refractivity contribution < 1.29 is 14.7 Å². The zero-order valence-electron chi connectivity index (χ0n) is 14.7. The molecule has 2 rings (SSSR count). The number of aliphatic hydroxyl groups is 1. The van der Waals surface area contributed by atoms with Crippen LogP contribution in [0, 0.1) is 5.41 Å². The van der Waals surface area contributed by atoms with Gasteiger partial charge in [0.1, 0.15) is 0 Å². The number of rotatable bonds is 2. The predicted octanol–water partition coefficient (Wildman–Crippen LogP) is 0.124. The lowest BCUT2D eigenvalue weighted by molar-refractivity contribution is -0.137. The molecule has 0 saturated carbocycles. The molecule has 2 aliphatic heterocycles. The SMILES string of the molecule is CC(C)NC(=O)N1CC(O)C2C1CCN2C(=O)C(N)C(C)(C)C. The number of hydrogen-bond donors (Lipinski definition) is 3. The van der Waals surface area contributed by atoms with E-state index < -0.39 is 12.1 Å². The molecule has 0 aromatic rings. The summed E-state index contributed by atoms with van der Waals surface area (Å²) in [5.74, 6) is -0.143. The molecular weight excluding hydrogens is 296 g/mol. The number of urea groups is 1. The maximum absolute atomic E-state index is 12.7. The molecule has 3 amide bonds. The van der Waals surface area contributed by atoms with E-state index in [9.17, 15) is 14.7 Å². The molecule has 7 nitrogen and oxygen atoms in total. The number of nitrogens with zero attached hydrogens (tertiary/aromatic N) is 2. The van der Waals surface area contributed by atoms with E-state index in [0.29, 0.717) is 13.0 Å². The number of fused-ring (bicyclic) bond motifs is 1. The second-order valence-electron chi connectivity index (χ2n) is 8.05. The van der Waals surface area contributed by atoms with Gasteiger partial charge in [0, 0.05) is 12.6 Å². The number of likely N-dealkylation sites (tertiary alicyclic amines) is 2. The molecule has 4 unspecified atom stereocenters. The zero-order valence-corrected chi connectivity index (χ0v) is 14.7. The van der Waals surface area contributed by atoms with Gasteiger partial charge >= 0.3 is 6.03 Å². The van der Waals surface area contributed by atoms with Crippen molar-refractivity contribution in [2.45, 2.75) is 71.3 Å². The minimum atomic E-state index is -0.725. The number of β-amino-alcohol motifs (C(OH)–C–C–N with tert-alkyl or cyclic N) is 1. The van der Waals surface area contributed by atoms with Gasteiger partial charge in [0.15, 0.2) is 0 Å². The third-order valence-electron chi connectivity index (χ3n) is 4.75. The minimum Gasteiger partial charge on any atom is -0.389 e. The molecule has 7 heteroatoms. The highest BCUT2D eigenvalue weighted by atomic mass is 16.3. The van der Waals surface area contributed by atoms with Crippen LogP contribution in [0.15, 0.2) is 0 Å². The maximum Gasteiger partial charge on any atom is 0.318 e. The summed E-state index contributed by atoms with van der Waals surface area (Å²) >= 11 is 0. The highest BCUT2D eigenvalue weighted by molar-refractivity contribution is 5.84. The minimum absolute atomic E-state index is 0.0344. The van der Waals surface area contributed by atoms with Crippen molar-refractivity contribution in [3.8, 4) is 0 Å². The third kappa shape index (κ3) is 3.45. The maximum atomic E-state index is 12.7. The van der Waals surface area contributed by atoms with Gasteiger partial charge in [-0.2, -0.15) is 0 Å². The molecular formula is C16H30N4O3. The molecule has 132 valence electrons. The molecule has 0 aromatic heterocycles. The van der Waals surface area contributed by atoms with Crippen molar-refractivity contribution in [1.29, 1.82) is 0 Å². The van der Waals surface area contributed by atoms with Gasteiger partial charge in [-0.25, -0.2) is 4.79 Å². The van der Waals surface area contributed by atoms with Gasteiger partial charge in [-0.05, 0) is 25.7 Å². The Kier molecular flexibility index (Phi) is 4.92. The molecule has 2 saturated heterocycles.